The van der Waals surface area contributed by atoms with Crippen LogP contribution in [0.2, 0.25) is 5.02 Å². The van der Waals surface area contributed by atoms with E-state index in [1.165, 1.54) is 0 Å². The van der Waals surface area contributed by atoms with Crippen LogP contribution in [-0.2, 0) is 15.6 Å². The van der Waals surface area contributed by atoms with Gasteiger partial charge in [0.1, 0.15) is 5.65 Å². The van der Waals surface area contributed by atoms with Crippen molar-refractivity contribution in [1.82, 2.24) is 9.38 Å². The molecular weight excluding hydrogens is 380 g/mol. The number of fused-ring (bicyclic) bond motifs is 1. The van der Waals surface area contributed by atoms with Crippen LogP contribution in [0.3, 0.4) is 0 Å². The van der Waals surface area contributed by atoms with E-state index in [1.54, 1.807) is 24.3 Å². The van der Waals surface area contributed by atoms with Crippen LogP contribution < -0.4 is 0 Å². The van der Waals surface area contributed by atoms with Crippen molar-refractivity contribution in [1.29, 1.82) is 0 Å². The molecule has 0 fully saturated rings. The Balaban J connectivity index is 1.86. The predicted molar refractivity (Wildman–Crippen MR) is 108 cm³/mol. The van der Waals surface area contributed by atoms with E-state index >= 15 is 0 Å². The number of imidazole rings is 1. The zero-order chi connectivity index (χ0) is 19.0. The smallest absolute Gasteiger partial charge is 0.184 e. The Kier molecular flexibility index (Phi) is 4.50. The Morgan fingerprint density at radius 2 is 1.67 bits per heavy atom. The van der Waals surface area contributed by atoms with E-state index in [2.05, 4.69) is 4.98 Å². The first-order valence-electron chi connectivity index (χ1n) is 8.45. The lowest BCUT2D eigenvalue weighted by Crippen LogP contribution is -2.08. The Morgan fingerprint density at radius 1 is 0.963 bits per heavy atom. The number of nitrogens with zero attached hydrogens (tertiary/aromatic N) is 2. The van der Waals surface area contributed by atoms with Crippen molar-refractivity contribution in [3.8, 4) is 11.3 Å². The van der Waals surface area contributed by atoms with Gasteiger partial charge in [-0.1, -0.05) is 47.5 Å². The summed E-state index contributed by atoms with van der Waals surface area (Å²) in [5, 5.41) is 0.622. The van der Waals surface area contributed by atoms with Gasteiger partial charge >= 0.3 is 0 Å². The molecular formula is C21H17ClN2O2S. The second-order valence-corrected chi connectivity index (χ2v) is 8.84. The van der Waals surface area contributed by atoms with E-state index in [9.17, 15) is 8.42 Å². The van der Waals surface area contributed by atoms with Crippen molar-refractivity contribution >= 4 is 27.1 Å². The topological polar surface area (TPSA) is 51.4 Å². The summed E-state index contributed by atoms with van der Waals surface area (Å²) in [6, 6.07) is 19.8. The van der Waals surface area contributed by atoms with Gasteiger partial charge in [0, 0.05) is 16.8 Å². The van der Waals surface area contributed by atoms with E-state index in [4.69, 9.17) is 11.6 Å². The van der Waals surface area contributed by atoms with Crippen molar-refractivity contribution in [2.24, 2.45) is 0 Å². The van der Waals surface area contributed by atoms with Gasteiger partial charge in [-0.3, -0.25) is 0 Å². The fourth-order valence-corrected chi connectivity index (χ4v) is 4.51. The third-order valence-corrected chi connectivity index (χ3v) is 6.35. The monoisotopic (exact) mass is 396 g/mol. The fraction of sp³-hybridized carbons (Fsp3) is 0.0952. The highest BCUT2D eigenvalue weighted by molar-refractivity contribution is 7.90. The standard InChI is InChI=1S/C21H17ClN2O2S/c1-15-5-11-18(12-6-15)27(25,26)14-19-21(16-7-9-17(22)10-8-16)23-20-4-2-3-13-24(19)20/h2-13H,14H2,1H3. The Hall–Kier alpha value is -2.63. The summed E-state index contributed by atoms with van der Waals surface area (Å²) in [4.78, 5) is 4.97. The quantitative estimate of drug-likeness (QED) is 0.491. The van der Waals surface area contributed by atoms with Gasteiger partial charge in [-0.15, -0.1) is 0 Å². The summed E-state index contributed by atoms with van der Waals surface area (Å²) in [7, 11) is -3.52. The molecule has 0 N–H and O–H groups in total. The highest BCUT2D eigenvalue weighted by Gasteiger charge is 2.22. The molecule has 0 aliphatic heterocycles. The SMILES string of the molecule is Cc1ccc(S(=O)(=O)Cc2c(-c3ccc(Cl)cc3)nc3ccccn23)cc1. The van der Waals surface area contributed by atoms with Gasteiger partial charge in [0.25, 0.3) is 0 Å². The first kappa shape index (κ1) is 17.8. The van der Waals surface area contributed by atoms with Gasteiger partial charge in [0.05, 0.1) is 22.0 Å². The van der Waals surface area contributed by atoms with Crippen molar-refractivity contribution in [3.63, 3.8) is 0 Å². The average Bonchev–Trinajstić information content (AvgIpc) is 3.01. The van der Waals surface area contributed by atoms with E-state index in [0.717, 1.165) is 11.1 Å². The fourth-order valence-electron chi connectivity index (χ4n) is 3.03. The second kappa shape index (κ2) is 6.83. The predicted octanol–water partition coefficient (Wildman–Crippen LogP) is 4.94. The maximum absolute atomic E-state index is 13.0. The molecule has 0 atom stereocenters. The van der Waals surface area contributed by atoms with Crippen LogP contribution in [0.25, 0.3) is 16.9 Å². The van der Waals surface area contributed by atoms with E-state index < -0.39 is 9.84 Å². The molecule has 0 aliphatic rings. The molecule has 0 aliphatic carbocycles. The lowest BCUT2D eigenvalue weighted by molar-refractivity contribution is 0.594. The molecule has 0 spiro atoms. The lowest BCUT2D eigenvalue weighted by Gasteiger charge is -2.08. The molecule has 0 amide bonds. The van der Waals surface area contributed by atoms with Crippen LogP contribution >= 0.6 is 11.6 Å². The summed E-state index contributed by atoms with van der Waals surface area (Å²) in [6.45, 7) is 1.93. The molecule has 27 heavy (non-hydrogen) atoms. The molecule has 0 saturated carbocycles. The normalized spacial score (nSPS) is 11.8. The van der Waals surface area contributed by atoms with Gasteiger partial charge in [-0.05, 0) is 43.3 Å². The highest BCUT2D eigenvalue weighted by atomic mass is 35.5. The number of pyridine rings is 1. The van der Waals surface area contributed by atoms with Crippen molar-refractivity contribution in [2.75, 3.05) is 0 Å². The van der Waals surface area contributed by atoms with Gasteiger partial charge in [0.2, 0.25) is 0 Å². The average molecular weight is 397 g/mol. The van der Waals surface area contributed by atoms with Crippen LogP contribution in [0.5, 0.6) is 0 Å². The molecule has 0 saturated heterocycles. The van der Waals surface area contributed by atoms with Crippen molar-refractivity contribution in [2.45, 2.75) is 17.6 Å². The molecule has 136 valence electrons. The molecule has 6 heteroatoms. The molecule has 2 heterocycles. The largest absolute Gasteiger partial charge is 0.302 e. The second-order valence-electron chi connectivity index (χ2n) is 6.41. The van der Waals surface area contributed by atoms with E-state index in [-0.39, 0.29) is 5.75 Å². The third-order valence-electron chi connectivity index (χ3n) is 4.45. The number of aromatic nitrogens is 2. The molecule has 0 radical (unpaired) electrons. The summed E-state index contributed by atoms with van der Waals surface area (Å²) in [5.41, 5.74) is 3.83. The molecule has 2 aromatic carbocycles. The zero-order valence-electron chi connectivity index (χ0n) is 14.6. The first-order valence-corrected chi connectivity index (χ1v) is 10.5. The maximum Gasteiger partial charge on any atom is 0.184 e. The summed E-state index contributed by atoms with van der Waals surface area (Å²) in [6.07, 6.45) is 1.84. The first-order chi connectivity index (χ1) is 12.9. The number of hydrogen-bond acceptors (Lipinski definition) is 3. The van der Waals surface area contributed by atoms with Crippen LogP contribution in [0.1, 0.15) is 11.3 Å². The number of benzene rings is 2. The van der Waals surface area contributed by atoms with E-state index in [1.807, 2.05) is 60.0 Å². The zero-order valence-corrected chi connectivity index (χ0v) is 16.2. The van der Waals surface area contributed by atoms with Crippen molar-refractivity contribution < 1.29 is 8.42 Å². The van der Waals surface area contributed by atoms with Crippen LogP contribution in [0.15, 0.2) is 77.8 Å². The lowest BCUT2D eigenvalue weighted by atomic mass is 10.1. The van der Waals surface area contributed by atoms with Gasteiger partial charge in [-0.2, -0.15) is 0 Å². The molecule has 4 aromatic rings. The molecule has 0 unspecified atom stereocenters. The van der Waals surface area contributed by atoms with E-state index in [0.29, 0.717) is 27.0 Å². The minimum absolute atomic E-state index is 0.140. The number of sulfone groups is 1. The number of aryl methyl sites for hydroxylation is 1. The molecule has 4 rings (SSSR count). The van der Waals surface area contributed by atoms with Gasteiger partial charge < -0.3 is 4.40 Å². The van der Waals surface area contributed by atoms with Gasteiger partial charge in [0.15, 0.2) is 9.84 Å². The molecule has 4 nitrogen and oxygen atoms in total. The summed E-state index contributed by atoms with van der Waals surface area (Å²) < 4.78 is 27.9. The number of hydrogen-bond donors (Lipinski definition) is 0. The summed E-state index contributed by atoms with van der Waals surface area (Å²) >= 11 is 6.00. The van der Waals surface area contributed by atoms with Crippen LogP contribution in [-0.4, -0.2) is 17.8 Å². The minimum Gasteiger partial charge on any atom is -0.302 e. The van der Waals surface area contributed by atoms with Gasteiger partial charge in [-0.25, -0.2) is 13.4 Å². The number of halogens is 1. The highest BCUT2D eigenvalue weighted by Crippen LogP contribution is 2.29. The maximum atomic E-state index is 13.0. The Bertz CT molecular complexity index is 1210. The van der Waals surface area contributed by atoms with Crippen molar-refractivity contribution in [3.05, 3.63) is 89.2 Å². The van der Waals surface area contributed by atoms with Crippen LogP contribution in [0, 0.1) is 6.92 Å². The Morgan fingerprint density at radius 3 is 2.37 bits per heavy atom. The minimum atomic E-state index is -3.52. The molecule has 0 bridgehead atoms. The van der Waals surface area contributed by atoms with Crippen LogP contribution in [0.4, 0.5) is 0 Å². The summed E-state index contributed by atoms with van der Waals surface area (Å²) in [5.74, 6) is -0.140. The Labute approximate surface area is 163 Å². The molecule has 2 aromatic heterocycles. The third kappa shape index (κ3) is 3.48. The number of rotatable bonds is 4.